The normalized spacial score (nSPS) is 11.2. The summed E-state index contributed by atoms with van der Waals surface area (Å²) in [6.07, 6.45) is 0. The summed E-state index contributed by atoms with van der Waals surface area (Å²) in [5.41, 5.74) is 2.50. The second-order valence-corrected chi connectivity index (χ2v) is 10.8. The minimum absolute atomic E-state index is 0.0772. The number of hydrogen-bond acceptors (Lipinski definition) is 5. The zero-order valence-corrected chi connectivity index (χ0v) is 21.8. The van der Waals surface area contributed by atoms with Gasteiger partial charge in [-0.2, -0.15) is 4.31 Å². The Morgan fingerprint density at radius 3 is 2.38 bits per heavy atom. The van der Waals surface area contributed by atoms with Gasteiger partial charge in [0.2, 0.25) is 10.0 Å². The number of sulfonamides is 1. The lowest BCUT2D eigenvalue weighted by Crippen LogP contribution is -2.37. The molecule has 3 rings (SSSR count). The van der Waals surface area contributed by atoms with E-state index in [1.165, 1.54) is 23.5 Å². The average molecular weight is 563 g/mol. The van der Waals surface area contributed by atoms with E-state index >= 15 is 0 Å². The van der Waals surface area contributed by atoms with Crippen LogP contribution in [-0.4, -0.2) is 37.4 Å². The summed E-state index contributed by atoms with van der Waals surface area (Å²) >= 11 is 8.57. The lowest BCUT2D eigenvalue weighted by atomic mass is 10.2. The summed E-state index contributed by atoms with van der Waals surface area (Å²) in [6.45, 7) is 2.01. The number of hydrogen-bond donors (Lipinski definition) is 2. The fraction of sp³-hybridized carbons (Fsp3) is 0.167. The molecule has 0 fully saturated rings. The molecule has 0 radical (unpaired) electrons. The van der Waals surface area contributed by atoms with Crippen molar-refractivity contribution in [2.75, 3.05) is 19.0 Å². The van der Waals surface area contributed by atoms with E-state index in [9.17, 15) is 13.2 Å². The Morgan fingerprint density at radius 2 is 1.74 bits per heavy atom. The van der Waals surface area contributed by atoms with Gasteiger partial charge in [-0.15, -0.1) is 0 Å². The number of halogens is 1. The van der Waals surface area contributed by atoms with Crippen LogP contribution in [0.3, 0.4) is 0 Å². The number of ether oxygens (including phenoxy) is 1. The fourth-order valence-corrected chi connectivity index (χ4v) is 5.01. The molecule has 0 saturated heterocycles. The smallest absolute Gasteiger partial charge is 0.264 e. The predicted molar refractivity (Wildman–Crippen MR) is 140 cm³/mol. The van der Waals surface area contributed by atoms with Crippen molar-refractivity contribution in [2.45, 2.75) is 18.4 Å². The first kappa shape index (κ1) is 25.8. The molecule has 0 aliphatic rings. The molecule has 0 heterocycles. The van der Waals surface area contributed by atoms with Gasteiger partial charge < -0.3 is 10.1 Å². The monoisotopic (exact) mass is 561 g/mol. The molecular formula is C24H24BrN3O4S2. The predicted octanol–water partition coefficient (Wildman–Crippen LogP) is 4.47. The number of carbonyl (C=O) groups excluding carboxylic acids is 1. The van der Waals surface area contributed by atoms with Gasteiger partial charge in [-0.3, -0.25) is 10.1 Å². The number of aryl methyl sites for hydroxylation is 1. The van der Waals surface area contributed by atoms with Crippen LogP contribution < -0.4 is 15.4 Å². The quantitative estimate of drug-likeness (QED) is 0.394. The van der Waals surface area contributed by atoms with E-state index in [0.717, 1.165) is 15.6 Å². The Bertz CT molecular complexity index is 1270. The van der Waals surface area contributed by atoms with Crippen LogP contribution in [0.25, 0.3) is 0 Å². The third kappa shape index (κ3) is 7.10. The molecule has 178 valence electrons. The van der Waals surface area contributed by atoms with E-state index in [0.29, 0.717) is 11.4 Å². The third-order valence-corrected chi connectivity index (χ3v) is 7.41. The Hall–Kier alpha value is -2.79. The van der Waals surface area contributed by atoms with Crippen LogP contribution in [0.4, 0.5) is 5.69 Å². The number of carbonyl (C=O) groups is 1. The van der Waals surface area contributed by atoms with Crippen molar-refractivity contribution in [2.24, 2.45) is 0 Å². The topological polar surface area (TPSA) is 87.7 Å². The molecular weight excluding hydrogens is 538 g/mol. The van der Waals surface area contributed by atoms with Gasteiger partial charge in [-0.25, -0.2) is 8.42 Å². The van der Waals surface area contributed by atoms with Gasteiger partial charge in [-0.1, -0.05) is 36.4 Å². The summed E-state index contributed by atoms with van der Waals surface area (Å²) in [6, 6.07) is 21.1. The summed E-state index contributed by atoms with van der Waals surface area (Å²) in [5.74, 6) is 0.125. The number of anilines is 1. The van der Waals surface area contributed by atoms with Crippen molar-refractivity contribution in [3.05, 3.63) is 88.4 Å². The zero-order chi connectivity index (χ0) is 24.7. The van der Waals surface area contributed by atoms with Crippen molar-refractivity contribution in [3.63, 3.8) is 0 Å². The summed E-state index contributed by atoms with van der Waals surface area (Å²) in [4.78, 5) is 12.3. The van der Waals surface area contributed by atoms with Crippen LogP contribution in [-0.2, 0) is 21.4 Å². The van der Waals surface area contributed by atoms with Crippen LogP contribution >= 0.6 is 28.1 Å². The molecule has 34 heavy (non-hydrogen) atoms. The number of nitrogens with one attached hydrogen (secondary N) is 2. The van der Waals surface area contributed by atoms with Crippen molar-refractivity contribution >= 4 is 54.9 Å². The second-order valence-electron chi connectivity index (χ2n) is 7.50. The Labute approximate surface area is 213 Å². The number of rotatable bonds is 8. The van der Waals surface area contributed by atoms with Crippen molar-refractivity contribution in [1.82, 2.24) is 9.62 Å². The first-order valence-electron chi connectivity index (χ1n) is 10.3. The molecule has 3 aromatic rings. The van der Waals surface area contributed by atoms with Crippen LogP contribution in [0, 0.1) is 6.92 Å². The maximum Gasteiger partial charge on any atom is 0.264 e. The van der Waals surface area contributed by atoms with Crippen molar-refractivity contribution < 1.29 is 17.9 Å². The lowest BCUT2D eigenvalue weighted by Gasteiger charge is -2.18. The van der Waals surface area contributed by atoms with Gasteiger partial charge >= 0.3 is 0 Å². The van der Waals surface area contributed by atoms with Gasteiger partial charge in [0.05, 0.1) is 9.37 Å². The van der Waals surface area contributed by atoms with Crippen LogP contribution in [0.2, 0.25) is 0 Å². The number of thiocarbonyl (C=S) groups is 1. The van der Waals surface area contributed by atoms with E-state index < -0.39 is 15.9 Å². The minimum Gasteiger partial charge on any atom is -0.483 e. The van der Waals surface area contributed by atoms with Gasteiger partial charge in [0.15, 0.2) is 11.7 Å². The van der Waals surface area contributed by atoms with Crippen molar-refractivity contribution in [3.8, 4) is 5.75 Å². The highest BCUT2D eigenvalue weighted by molar-refractivity contribution is 9.10. The van der Waals surface area contributed by atoms with Gasteiger partial charge in [-0.05, 0) is 82.6 Å². The highest BCUT2D eigenvalue weighted by atomic mass is 79.9. The first-order valence-corrected chi connectivity index (χ1v) is 12.9. The Kier molecular flexibility index (Phi) is 8.78. The van der Waals surface area contributed by atoms with Gasteiger partial charge in [0.25, 0.3) is 5.91 Å². The van der Waals surface area contributed by atoms with Crippen LogP contribution in [0.15, 0.2) is 82.2 Å². The lowest BCUT2D eigenvalue weighted by molar-refractivity contribution is -0.121. The minimum atomic E-state index is -3.66. The third-order valence-electron chi connectivity index (χ3n) is 4.77. The highest BCUT2D eigenvalue weighted by Crippen LogP contribution is 2.25. The molecule has 0 spiro atoms. The number of amides is 1. The molecule has 1 amide bonds. The van der Waals surface area contributed by atoms with E-state index in [1.807, 2.05) is 49.4 Å². The molecule has 0 unspecified atom stereocenters. The zero-order valence-electron chi connectivity index (χ0n) is 18.6. The molecule has 3 aromatic carbocycles. The molecule has 0 aliphatic heterocycles. The molecule has 10 heteroatoms. The molecule has 0 atom stereocenters. The molecule has 0 aromatic heterocycles. The maximum atomic E-state index is 12.9. The Morgan fingerprint density at radius 1 is 1.06 bits per heavy atom. The van der Waals surface area contributed by atoms with E-state index in [4.69, 9.17) is 17.0 Å². The van der Waals surface area contributed by atoms with E-state index in [2.05, 4.69) is 26.6 Å². The summed E-state index contributed by atoms with van der Waals surface area (Å²) in [5, 5.41) is 5.48. The van der Waals surface area contributed by atoms with Gasteiger partial charge in [0, 0.05) is 19.3 Å². The first-order chi connectivity index (χ1) is 16.1. The fourth-order valence-electron chi connectivity index (χ4n) is 3.01. The number of benzene rings is 3. The SMILES string of the molecule is Cc1ccc(OCC(=O)NC(=S)Nc2ccc(S(=O)(=O)N(C)Cc3ccccc3)cc2)c(Br)c1. The van der Waals surface area contributed by atoms with Gasteiger partial charge in [0.1, 0.15) is 5.75 Å². The largest absolute Gasteiger partial charge is 0.483 e. The van der Waals surface area contributed by atoms with Crippen LogP contribution in [0.1, 0.15) is 11.1 Å². The van der Waals surface area contributed by atoms with Crippen LogP contribution in [0.5, 0.6) is 5.75 Å². The second kappa shape index (κ2) is 11.6. The summed E-state index contributed by atoms with van der Waals surface area (Å²) in [7, 11) is -2.12. The molecule has 7 nitrogen and oxygen atoms in total. The number of nitrogens with zero attached hydrogens (tertiary/aromatic N) is 1. The Balaban J connectivity index is 1.53. The molecule has 2 N–H and O–H groups in total. The van der Waals surface area contributed by atoms with E-state index in [1.54, 1.807) is 18.2 Å². The molecule has 0 bridgehead atoms. The van der Waals surface area contributed by atoms with E-state index in [-0.39, 0.29) is 23.2 Å². The maximum absolute atomic E-state index is 12.9. The molecule has 0 aliphatic carbocycles. The highest BCUT2D eigenvalue weighted by Gasteiger charge is 2.21. The average Bonchev–Trinajstić information content (AvgIpc) is 2.79. The van der Waals surface area contributed by atoms with Crippen molar-refractivity contribution in [1.29, 1.82) is 0 Å². The standard InChI is InChI=1S/C24H24BrN3O4S2/c1-17-8-13-22(21(25)14-17)32-16-23(29)27-24(33)26-19-9-11-20(12-10-19)34(30,31)28(2)15-18-6-4-3-5-7-18/h3-14H,15-16H2,1-2H3,(H2,26,27,29,33). The summed E-state index contributed by atoms with van der Waals surface area (Å²) < 4.78 is 33.3. The molecule has 0 saturated carbocycles.